The van der Waals surface area contributed by atoms with Gasteiger partial charge in [0.15, 0.2) is 6.10 Å². The molecule has 0 bridgehead atoms. The molecule has 1 rings (SSSR count). The van der Waals surface area contributed by atoms with Crippen LogP contribution in [0.15, 0.2) is 0 Å². The van der Waals surface area contributed by atoms with Crippen LogP contribution in [0.25, 0.3) is 0 Å². The quantitative estimate of drug-likeness (QED) is 0.821. The van der Waals surface area contributed by atoms with Crippen LogP contribution in [0.5, 0.6) is 0 Å². The highest BCUT2D eigenvalue weighted by atomic mass is 16.5. The van der Waals surface area contributed by atoms with Crippen molar-refractivity contribution in [1.82, 2.24) is 9.78 Å². The molecule has 0 aliphatic heterocycles. The van der Waals surface area contributed by atoms with Crippen LogP contribution in [0, 0.1) is 13.8 Å². The monoisotopic (exact) mass is 253 g/mol. The summed E-state index contributed by atoms with van der Waals surface area (Å²) < 4.78 is 6.63. The Morgan fingerprint density at radius 1 is 1.44 bits per heavy atom. The summed E-state index contributed by atoms with van der Waals surface area (Å²) in [4.78, 5) is 23.0. The van der Waals surface area contributed by atoms with E-state index in [9.17, 15) is 9.59 Å². The molecular weight excluding hydrogens is 234 g/mol. The number of anilines is 1. The van der Waals surface area contributed by atoms with E-state index < -0.39 is 12.1 Å². The van der Waals surface area contributed by atoms with Gasteiger partial charge in [-0.25, -0.2) is 0 Å². The summed E-state index contributed by atoms with van der Waals surface area (Å²) in [6, 6.07) is 0. The van der Waals surface area contributed by atoms with Crippen LogP contribution in [-0.2, 0) is 21.4 Å². The van der Waals surface area contributed by atoms with Gasteiger partial charge in [-0.1, -0.05) is 6.92 Å². The number of nitrogens with one attached hydrogen (secondary N) is 1. The van der Waals surface area contributed by atoms with Crippen molar-refractivity contribution in [3.8, 4) is 0 Å². The second-order valence-corrected chi connectivity index (χ2v) is 4.14. The Labute approximate surface area is 106 Å². The number of esters is 1. The fourth-order valence-corrected chi connectivity index (χ4v) is 1.51. The minimum Gasteiger partial charge on any atom is -0.453 e. The van der Waals surface area contributed by atoms with E-state index in [2.05, 4.69) is 10.4 Å². The van der Waals surface area contributed by atoms with E-state index in [1.54, 1.807) is 25.6 Å². The number of aromatic nitrogens is 2. The number of hydrogen-bond donors (Lipinski definition) is 1. The molecule has 1 amide bonds. The molecule has 6 nitrogen and oxygen atoms in total. The molecule has 6 heteroatoms. The van der Waals surface area contributed by atoms with Gasteiger partial charge in [-0.3, -0.25) is 14.3 Å². The number of nitrogens with zero attached hydrogens (tertiary/aromatic N) is 2. The Morgan fingerprint density at radius 3 is 2.50 bits per heavy atom. The highest BCUT2D eigenvalue weighted by Gasteiger charge is 2.20. The lowest BCUT2D eigenvalue weighted by Crippen LogP contribution is -2.30. The molecule has 0 fully saturated rings. The van der Waals surface area contributed by atoms with Crippen molar-refractivity contribution in [3.05, 3.63) is 11.4 Å². The molecular formula is C12H19N3O3. The van der Waals surface area contributed by atoms with Crippen LogP contribution < -0.4 is 5.32 Å². The SMILES string of the molecule is CCC(=O)O[C@H](C)C(=O)Nc1c(C)nn(C)c1C. The van der Waals surface area contributed by atoms with Gasteiger partial charge < -0.3 is 10.1 Å². The van der Waals surface area contributed by atoms with Crippen molar-refractivity contribution >= 4 is 17.6 Å². The minimum atomic E-state index is -0.809. The molecule has 1 atom stereocenters. The molecule has 1 aromatic heterocycles. The zero-order valence-corrected chi connectivity index (χ0v) is 11.4. The van der Waals surface area contributed by atoms with E-state index in [1.807, 2.05) is 13.8 Å². The number of amides is 1. The van der Waals surface area contributed by atoms with E-state index in [-0.39, 0.29) is 12.3 Å². The molecule has 1 heterocycles. The molecule has 1 N–H and O–H groups in total. The maximum Gasteiger partial charge on any atom is 0.306 e. The number of rotatable bonds is 4. The van der Waals surface area contributed by atoms with Gasteiger partial charge in [0.2, 0.25) is 0 Å². The number of aryl methyl sites for hydroxylation is 2. The standard InChI is InChI=1S/C12H19N3O3/c1-6-10(16)18-9(4)12(17)13-11-7(2)14-15(5)8(11)3/h9H,6H2,1-5H3,(H,13,17)/t9-/m1/s1. The van der Waals surface area contributed by atoms with E-state index in [0.29, 0.717) is 5.69 Å². The van der Waals surface area contributed by atoms with Crippen molar-refractivity contribution in [2.45, 2.75) is 40.2 Å². The smallest absolute Gasteiger partial charge is 0.306 e. The fraction of sp³-hybridized carbons (Fsp3) is 0.583. The Morgan fingerprint density at radius 2 is 2.06 bits per heavy atom. The van der Waals surface area contributed by atoms with Crippen LogP contribution in [-0.4, -0.2) is 27.8 Å². The van der Waals surface area contributed by atoms with E-state index in [4.69, 9.17) is 4.74 Å². The van der Waals surface area contributed by atoms with Gasteiger partial charge in [0.05, 0.1) is 17.1 Å². The van der Waals surface area contributed by atoms with Gasteiger partial charge in [-0.2, -0.15) is 5.10 Å². The molecule has 0 saturated heterocycles. The molecule has 18 heavy (non-hydrogen) atoms. The minimum absolute atomic E-state index is 0.253. The zero-order valence-electron chi connectivity index (χ0n) is 11.4. The molecule has 0 spiro atoms. The third-order valence-electron chi connectivity index (χ3n) is 2.72. The van der Waals surface area contributed by atoms with Crippen molar-refractivity contribution in [3.63, 3.8) is 0 Å². The number of carbonyl (C=O) groups is 2. The number of carbonyl (C=O) groups excluding carboxylic acids is 2. The second kappa shape index (κ2) is 5.66. The maximum atomic E-state index is 11.9. The van der Waals surface area contributed by atoms with Gasteiger partial charge in [0, 0.05) is 13.5 Å². The van der Waals surface area contributed by atoms with Gasteiger partial charge in [0.25, 0.3) is 5.91 Å². The molecule has 1 aromatic rings. The predicted molar refractivity (Wildman–Crippen MR) is 67.2 cm³/mol. The third kappa shape index (κ3) is 3.09. The summed E-state index contributed by atoms with van der Waals surface area (Å²) in [6.07, 6.45) is -0.556. The molecule has 100 valence electrons. The lowest BCUT2D eigenvalue weighted by atomic mass is 10.3. The Hall–Kier alpha value is -1.85. The fourth-order valence-electron chi connectivity index (χ4n) is 1.51. The second-order valence-electron chi connectivity index (χ2n) is 4.14. The Bertz CT molecular complexity index is 465. The average molecular weight is 253 g/mol. The molecule has 0 aliphatic rings. The van der Waals surface area contributed by atoms with Gasteiger partial charge in [-0.05, 0) is 20.8 Å². The van der Waals surface area contributed by atoms with E-state index in [0.717, 1.165) is 11.4 Å². The van der Waals surface area contributed by atoms with E-state index >= 15 is 0 Å². The zero-order chi connectivity index (χ0) is 13.9. The van der Waals surface area contributed by atoms with Gasteiger partial charge in [0.1, 0.15) is 0 Å². The summed E-state index contributed by atoms with van der Waals surface area (Å²) in [5.74, 6) is -0.742. The first kappa shape index (κ1) is 14.2. The Balaban J connectivity index is 2.72. The summed E-state index contributed by atoms with van der Waals surface area (Å²) in [6.45, 7) is 6.90. The van der Waals surface area contributed by atoms with Crippen molar-refractivity contribution < 1.29 is 14.3 Å². The molecule has 0 unspecified atom stereocenters. The maximum absolute atomic E-state index is 11.9. The molecule has 0 aliphatic carbocycles. The molecule has 0 aromatic carbocycles. The normalized spacial score (nSPS) is 12.1. The molecule has 0 saturated carbocycles. The summed E-state index contributed by atoms with van der Waals surface area (Å²) in [5.41, 5.74) is 2.26. The highest BCUT2D eigenvalue weighted by molar-refractivity contribution is 5.95. The summed E-state index contributed by atoms with van der Waals surface area (Å²) in [7, 11) is 1.80. The first-order chi connectivity index (χ1) is 8.36. The lowest BCUT2D eigenvalue weighted by molar-refractivity contribution is -0.152. The Kier molecular flexibility index (Phi) is 4.47. The summed E-state index contributed by atoms with van der Waals surface area (Å²) >= 11 is 0. The number of hydrogen-bond acceptors (Lipinski definition) is 4. The van der Waals surface area contributed by atoms with Crippen molar-refractivity contribution in [2.75, 3.05) is 5.32 Å². The average Bonchev–Trinajstić information content (AvgIpc) is 2.55. The van der Waals surface area contributed by atoms with Gasteiger partial charge in [-0.15, -0.1) is 0 Å². The molecule has 0 radical (unpaired) electrons. The largest absolute Gasteiger partial charge is 0.453 e. The topological polar surface area (TPSA) is 73.2 Å². The lowest BCUT2D eigenvalue weighted by Gasteiger charge is -2.13. The van der Waals surface area contributed by atoms with Crippen LogP contribution >= 0.6 is 0 Å². The predicted octanol–water partition coefficient (Wildman–Crippen LogP) is 1.32. The van der Waals surface area contributed by atoms with Crippen LogP contribution in [0.1, 0.15) is 31.7 Å². The number of ether oxygens (including phenoxy) is 1. The van der Waals surface area contributed by atoms with Gasteiger partial charge >= 0.3 is 5.97 Å². The summed E-state index contributed by atoms with van der Waals surface area (Å²) in [5, 5.41) is 6.92. The van der Waals surface area contributed by atoms with Crippen LogP contribution in [0.3, 0.4) is 0 Å². The third-order valence-corrected chi connectivity index (χ3v) is 2.72. The first-order valence-electron chi connectivity index (χ1n) is 5.87. The van der Waals surface area contributed by atoms with E-state index in [1.165, 1.54) is 0 Å². The van der Waals surface area contributed by atoms with Crippen LogP contribution in [0.4, 0.5) is 5.69 Å². The van der Waals surface area contributed by atoms with Crippen LogP contribution in [0.2, 0.25) is 0 Å². The highest BCUT2D eigenvalue weighted by Crippen LogP contribution is 2.18. The first-order valence-corrected chi connectivity index (χ1v) is 5.87. The van der Waals surface area contributed by atoms with Crippen molar-refractivity contribution in [2.24, 2.45) is 7.05 Å². The van der Waals surface area contributed by atoms with Crippen molar-refractivity contribution in [1.29, 1.82) is 0 Å².